The number of pyridine rings is 1. The lowest BCUT2D eigenvalue weighted by Gasteiger charge is -2.24. The van der Waals surface area contributed by atoms with Crippen molar-refractivity contribution in [1.82, 2.24) is 19.7 Å². The second-order valence-corrected chi connectivity index (χ2v) is 6.43. The summed E-state index contributed by atoms with van der Waals surface area (Å²) in [4.78, 5) is 19.9. The second-order valence-electron chi connectivity index (χ2n) is 6.02. The maximum absolute atomic E-state index is 11.1. The molecule has 3 N–H and O–H groups in total. The van der Waals surface area contributed by atoms with Gasteiger partial charge in [-0.05, 0) is 12.5 Å². The number of fused-ring (bicyclic) bond motifs is 1. The van der Waals surface area contributed by atoms with Gasteiger partial charge in [-0.1, -0.05) is 25.4 Å². The molecule has 122 valence electrons. The minimum Gasteiger partial charge on any atom is -0.366 e. The van der Waals surface area contributed by atoms with Crippen molar-refractivity contribution in [2.75, 3.05) is 5.32 Å². The van der Waals surface area contributed by atoms with E-state index in [-0.39, 0.29) is 6.04 Å². The van der Waals surface area contributed by atoms with Crippen LogP contribution >= 0.6 is 11.6 Å². The van der Waals surface area contributed by atoms with Crippen molar-refractivity contribution in [2.24, 2.45) is 5.73 Å². The van der Waals surface area contributed by atoms with E-state index in [0.717, 1.165) is 24.5 Å². The first-order valence-electron chi connectivity index (χ1n) is 7.59. The van der Waals surface area contributed by atoms with Crippen LogP contribution in [0, 0.1) is 0 Å². The molecule has 8 heteroatoms. The first-order chi connectivity index (χ1) is 10.9. The third-order valence-electron chi connectivity index (χ3n) is 3.86. The normalized spacial score (nSPS) is 17.1. The van der Waals surface area contributed by atoms with Crippen molar-refractivity contribution in [3.05, 3.63) is 34.5 Å². The van der Waals surface area contributed by atoms with E-state index in [1.165, 1.54) is 12.3 Å². The summed E-state index contributed by atoms with van der Waals surface area (Å²) in [6, 6.07) is 1.69. The predicted octanol–water partition coefficient (Wildman–Crippen LogP) is 1.98. The third kappa shape index (κ3) is 3.29. The number of anilines is 1. The number of carbonyl (C=O) groups is 1. The van der Waals surface area contributed by atoms with E-state index >= 15 is 0 Å². The molecule has 0 radical (unpaired) electrons. The summed E-state index contributed by atoms with van der Waals surface area (Å²) in [6.45, 7) is 4.88. The van der Waals surface area contributed by atoms with Crippen LogP contribution in [0.25, 0.3) is 0 Å². The molecule has 0 spiro atoms. The minimum atomic E-state index is -0.544. The number of halogens is 1. The molecule has 0 aliphatic carbocycles. The average Bonchev–Trinajstić information content (AvgIpc) is 2.92. The maximum Gasteiger partial charge on any atom is 0.250 e. The highest BCUT2D eigenvalue weighted by molar-refractivity contribution is 6.33. The van der Waals surface area contributed by atoms with Gasteiger partial charge in [0.1, 0.15) is 11.6 Å². The smallest absolute Gasteiger partial charge is 0.250 e. The number of aromatic nitrogens is 4. The van der Waals surface area contributed by atoms with E-state index in [0.29, 0.717) is 28.9 Å². The lowest BCUT2D eigenvalue weighted by molar-refractivity contribution is 0.1000. The Bertz CT molecular complexity index is 742. The molecule has 1 amide bonds. The summed E-state index contributed by atoms with van der Waals surface area (Å²) in [6.07, 6.45) is 3.21. The van der Waals surface area contributed by atoms with Crippen LogP contribution < -0.4 is 11.1 Å². The summed E-state index contributed by atoms with van der Waals surface area (Å²) in [5.41, 5.74) is 5.52. The van der Waals surface area contributed by atoms with Gasteiger partial charge in [0.2, 0.25) is 5.91 Å². The van der Waals surface area contributed by atoms with Gasteiger partial charge in [0, 0.05) is 24.6 Å². The highest BCUT2D eigenvalue weighted by Crippen LogP contribution is 2.24. The summed E-state index contributed by atoms with van der Waals surface area (Å²) < 4.78 is 1.95. The maximum atomic E-state index is 11.1. The number of rotatable bonds is 4. The molecule has 1 aliphatic heterocycles. The largest absolute Gasteiger partial charge is 0.366 e. The van der Waals surface area contributed by atoms with Gasteiger partial charge < -0.3 is 11.1 Å². The lowest BCUT2D eigenvalue weighted by atomic mass is 10.1. The van der Waals surface area contributed by atoms with E-state index in [9.17, 15) is 4.79 Å². The molecule has 3 heterocycles. The number of nitrogens with zero attached hydrogens (tertiary/aromatic N) is 4. The predicted molar refractivity (Wildman–Crippen MR) is 87.6 cm³/mol. The van der Waals surface area contributed by atoms with Crippen LogP contribution in [-0.2, 0) is 13.0 Å². The fraction of sp³-hybridized carbons (Fsp3) is 0.467. The number of nitrogens with one attached hydrogen (secondary N) is 1. The molecule has 1 atom stereocenters. The van der Waals surface area contributed by atoms with Crippen molar-refractivity contribution in [3.8, 4) is 0 Å². The number of hydrogen-bond donors (Lipinski definition) is 2. The standard InChI is InChI=1S/C15H19ClN6O/c1-8(2)14-20-12-4-3-10(7-22(12)21-14)19-15-11(16)5-9(6-18-15)13(17)23/h5-6,8,10H,3-4,7H2,1-2H3,(H2,17,23)(H,18,19). The molecule has 0 saturated carbocycles. The number of carbonyl (C=O) groups excluding carboxylic acids is 1. The Morgan fingerprint density at radius 2 is 2.30 bits per heavy atom. The van der Waals surface area contributed by atoms with E-state index in [1.807, 2.05) is 4.68 Å². The van der Waals surface area contributed by atoms with Crippen LogP contribution in [0.15, 0.2) is 12.3 Å². The molecular weight excluding hydrogens is 316 g/mol. The zero-order valence-electron chi connectivity index (χ0n) is 13.1. The minimum absolute atomic E-state index is 0.161. The van der Waals surface area contributed by atoms with Gasteiger partial charge in [-0.2, -0.15) is 5.10 Å². The molecule has 0 aromatic carbocycles. The molecule has 7 nitrogen and oxygen atoms in total. The van der Waals surface area contributed by atoms with Crippen molar-refractivity contribution in [3.63, 3.8) is 0 Å². The monoisotopic (exact) mass is 334 g/mol. The fourth-order valence-corrected chi connectivity index (χ4v) is 2.78. The fourth-order valence-electron chi connectivity index (χ4n) is 2.56. The highest BCUT2D eigenvalue weighted by Gasteiger charge is 2.23. The van der Waals surface area contributed by atoms with E-state index in [4.69, 9.17) is 17.3 Å². The SMILES string of the molecule is CC(C)c1nc2n(n1)CC(Nc1ncc(C(N)=O)cc1Cl)CC2. The van der Waals surface area contributed by atoms with Crippen molar-refractivity contribution < 1.29 is 4.79 Å². The van der Waals surface area contributed by atoms with Crippen LogP contribution in [-0.4, -0.2) is 31.7 Å². The molecular formula is C15H19ClN6O. The first kappa shape index (κ1) is 15.7. The van der Waals surface area contributed by atoms with E-state index < -0.39 is 5.91 Å². The Labute approximate surface area is 139 Å². The zero-order valence-corrected chi connectivity index (χ0v) is 13.8. The van der Waals surface area contributed by atoms with Gasteiger partial charge in [-0.15, -0.1) is 0 Å². The Balaban J connectivity index is 1.73. The van der Waals surface area contributed by atoms with Crippen LogP contribution in [0.3, 0.4) is 0 Å². The summed E-state index contributed by atoms with van der Waals surface area (Å²) >= 11 is 6.17. The molecule has 23 heavy (non-hydrogen) atoms. The number of hydrogen-bond acceptors (Lipinski definition) is 5. The van der Waals surface area contributed by atoms with Crippen molar-refractivity contribution >= 4 is 23.3 Å². The Morgan fingerprint density at radius 3 is 2.96 bits per heavy atom. The Hall–Kier alpha value is -2.15. The van der Waals surface area contributed by atoms with Crippen LogP contribution in [0.1, 0.15) is 48.2 Å². The van der Waals surface area contributed by atoms with Crippen molar-refractivity contribution in [2.45, 2.75) is 45.2 Å². The van der Waals surface area contributed by atoms with Crippen LogP contribution in [0.5, 0.6) is 0 Å². The molecule has 1 unspecified atom stereocenters. The van der Waals surface area contributed by atoms with Gasteiger partial charge in [0.05, 0.1) is 17.1 Å². The number of amides is 1. The van der Waals surface area contributed by atoms with E-state index in [1.54, 1.807) is 0 Å². The van der Waals surface area contributed by atoms with E-state index in [2.05, 4.69) is 34.2 Å². The molecule has 2 aromatic rings. The summed E-state index contributed by atoms with van der Waals surface area (Å²) in [5.74, 6) is 2.22. The second kappa shape index (κ2) is 6.16. The quantitative estimate of drug-likeness (QED) is 0.890. The summed E-state index contributed by atoms with van der Waals surface area (Å²) in [7, 11) is 0. The number of aryl methyl sites for hydroxylation is 1. The summed E-state index contributed by atoms with van der Waals surface area (Å²) in [5, 5.41) is 8.25. The Morgan fingerprint density at radius 1 is 1.52 bits per heavy atom. The molecule has 0 saturated heterocycles. The molecule has 0 fully saturated rings. The van der Waals surface area contributed by atoms with Crippen molar-refractivity contribution in [1.29, 1.82) is 0 Å². The van der Waals surface area contributed by atoms with Crippen LogP contribution in [0.2, 0.25) is 5.02 Å². The highest BCUT2D eigenvalue weighted by atomic mass is 35.5. The average molecular weight is 335 g/mol. The van der Waals surface area contributed by atoms with Gasteiger partial charge >= 0.3 is 0 Å². The van der Waals surface area contributed by atoms with Crippen LogP contribution in [0.4, 0.5) is 5.82 Å². The zero-order chi connectivity index (χ0) is 16.6. The molecule has 0 bridgehead atoms. The third-order valence-corrected chi connectivity index (χ3v) is 4.15. The van der Waals surface area contributed by atoms with Gasteiger partial charge in [-0.3, -0.25) is 4.79 Å². The number of primary amides is 1. The van der Waals surface area contributed by atoms with Gasteiger partial charge in [-0.25, -0.2) is 14.6 Å². The topological polar surface area (TPSA) is 98.7 Å². The first-order valence-corrected chi connectivity index (χ1v) is 7.97. The molecule has 1 aliphatic rings. The molecule has 2 aromatic heterocycles. The van der Waals surface area contributed by atoms with Gasteiger partial charge in [0.15, 0.2) is 5.82 Å². The number of nitrogens with two attached hydrogens (primary N) is 1. The molecule has 3 rings (SSSR count). The van der Waals surface area contributed by atoms with Gasteiger partial charge in [0.25, 0.3) is 0 Å². The Kier molecular flexibility index (Phi) is 4.21. The lowest BCUT2D eigenvalue weighted by Crippen LogP contribution is -2.32.